The maximum atomic E-state index is 13.3. The summed E-state index contributed by atoms with van der Waals surface area (Å²) in [6.45, 7) is 4.06. The molecule has 1 amide bonds. The molecule has 160 valence electrons. The van der Waals surface area contributed by atoms with Crippen LogP contribution in [-0.2, 0) is 22.5 Å². The van der Waals surface area contributed by atoms with Gasteiger partial charge in [-0.3, -0.25) is 9.78 Å². The monoisotopic (exact) mass is 407 g/mol. The van der Waals surface area contributed by atoms with Crippen LogP contribution in [0.2, 0.25) is 0 Å². The van der Waals surface area contributed by atoms with E-state index in [-0.39, 0.29) is 5.91 Å². The van der Waals surface area contributed by atoms with Gasteiger partial charge in [0.05, 0.1) is 17.7 Å². The highest BCUT2D eigenvalue weighted by atomic mass is 16.5. The van der Waals surface area contributed by atoms with Crippen LogP contribution < -0.4 is 5.32 Å². The molecule has 2 aliphatic rings. The van der Waals surface area contributed by atoms with E-state index in [1.807, 2.05) is 18.2 Å². The number of nitrogens with one attached hydrogen (secondary N) is 1. The fourth-order valence-electron chi connectivity index (χ4n) is 4.89. The first kappa shape index (κ1) is 21.0. The van der Waals surface area contributed by atoms with Gasteiger partial charge < -0.3 is 15.0 Å². The fourth-order valence-corrected chi connectivity index (χ4v) is 4.89. The van der Waals surface area contributed by atoms with Gasteiger partial charge in [-0.05, 0) is 74.9 Å². The molecule has 2 saturated heterocycles. The lowest BCUT2D eigenvalue weighted by molar-refractivity contribution is -0.136. The second kappa shape index (κ2) is 9.71. The molecule has 1 atom stereocenters. The minimum atomic E-state index is -0.408. The molecule has 1 aromatic heterocycles. The van der Waals surface area contributed by atoms with Crippen molar-refractivity contribution in [2.75, 3.05) is 33.4 Å². The third-order valence-electron chi connectivity index (χ3n) is 6.68. The summed E-state index contributed by atoms with van der Waals surface area (Å²) in [5.41, 5.74) is 3.15. The second-order valence-corrected chi connectivity index (χ2v) is 8.92. The zero-order chi connectivity index (χ0) is 20.8. The van der Waals surface area contributed by atoms with Gasteiger partial charge in [-0.2, -0.15) is 0 Å². The van der Waals surface area contributed by atoms with Gasteiger partial charge in [0.2, 0.25) is 5.91 Å². The van der Waals surface area contributed by atoms with E-state index in [2.05, 4.69) is 46.5 Å². The van der Waals surface area contributed by atoms with Gasteiger partial charge >= 0.3 is 0 Å². The van der Waals surface area contributed by atoms with Gasteiger partial charge in [-0.25, -0.2) is 0 Å². The number of benzene rings is 1. The molecule has 1 unspecified atom stereocenters. The Morgan fingerprint density at radius 2 is 2.10 bits per heavy atom. The third-order valence-corrected chi connectivity index (χ3v) is 6.68. The van der Waals surface area contributed by atoms with Crippen LogP contribution in [-0.4, -0.2) is 49.1 Å². The van der Waals surface area contributed by atoms with E-state index in [1.165, 1.54) is 30.5 Å². The van der Waals surface area contributed by atoms with Crippen molar-refractivity contribution in [1.82, 2.24) is 15.2 Å². The van der Waals surface area contributed by atoms with E-state index in [4.69, 9.17) is 4.74 Å². The number of rotatable bonds is 6. The maximum Gasteiger partial charge on any atom is 0.227 e. The van der Waals surface area contributed by atoms with Gasteiger partial charge in [0.1, 0.15) is 0 Å². The summed E-state index contributed by atoms with van der Waals surface area (Å²) in [5.74, 6) is 0.714. The third kappa shape index (κ3) is 5.08. The quantitative estimate of drug-likeness (QED) is 0.796. The number of hydrogen-bond acceptors (Lipinski definition) is 4. The summed E-state index contributed by atoms with van der Waals surface area (Å²) in [7, 11) is 2.21. The number of hydrogen-bond donors (Lipinski definition) is 1. The first-order valence-electron chi connectivity index (χ1n) is 11.2. The maximum absolute atomic E-state index is 13.3. The molecular weight excluding hydrogens is 374 g/mol. The highest BCUT2D eigenvalue weighted by molar-refractivity contribution is 5.83. The summed E-state index contributed by atoms with van der Waals surface area (Å²) in [4.78, 5) is 20.1. The Hall–Kier alpha value is -2.24. The van der Waals surface area contributed by atoms with Gasteiger partial charge in [0, 0.05) is 26.0 Å². The summed E-state index contributed by atoms with van der Waals surface area (Å²) >= 11 is 0. The normalized spacial score (nSPS) is 21.8. The van der Waals surface area contributed by atoms with Crippen LogP contribution >= 0.6 is 0 Å². The van der Waals surface area contributed by atoms with E-state index in [1.54, 1.807) is 6.20 Å². The van der Waals surface area contributed by atoms with Crippen LogP contribution in [0, 0.1) is 5.41 Å². The number of likely N-dealkylation sites (N-methyl/N-ethyl adjacent to an activating group) is 1. The van der Waals surface area contributed by atoms with Crippen LogP contribution in [0.15, 0.2) is 48.7 Å². The summed E-state index contributed by atoms with van der Waals surface area (Å²) in [6.07, 6.45) is 6.55. The predicted octanol–water partition coefficient (Wildman–Crippen LogP) is 3.55. The fraction of sp³-hybridized carbons (Fsp3) is 0.520. The van der Waals surface area contributed by atoms with E-state index in [9.17, 15) is 4.79 Å². The number of carbonyl (C=O) groups is 1. The molecule has 0 saturated carbocycles. The minimum absolute atomic E-state index is 0.124. The average Bonchev–Trinajstić information content (AvgIpc) is 2.79. The molecule has 1 aromatic carbocycles. The topological polar surface area (TPSA) is 54.5 Å². The summed E-state index contributed by atoms with van der Waals surface area (Å²) in [5, 5.41) is 3.15. The molecule has 0 radical (unpaired) electrons. The van der Waals surface area contributed by atoms with Crippen molar-refractivity contribution in [2.45, 2.75) is 44.6 Å². The standard InChI is InChI=1S/C25H33N3O2/c1-28-13-5-8-22(19-28)21-7-4-6-20(16-21)17-25(10-14-30-15-11-25)24(29)27-18-23-9-2-3-12-26-23/h2-4,6-7,9,12,16,22H,5,8,10-11,13-15,17-19H2,1H3,(H,27,29). The SMILES string of the molecule is CN1CCCC(c2cccc(CC3(C(=O)NCc4ccccn4)CCOCC3)c2)C1. The second-order valence-electron chi connectivity index (χ2n) is 8.92. The largest absolute Gasteiger partial charge is 0.381 e. The number of ether oxygens (including phenoxy) is 1. The van der Waals surface area contributed by atoms with E-state index in [0.29, 0.717) is 25.7 Å². The summed E-state index contributed by atoms with van der Waals surface area (Å²) < 4.78 is 5.61. The van der Waals surface area contributed by atoms with Crippen molar-refractivity contribution in [3.05, 3.63) is 65.5 Å². The van der Waals surface area contributed by atoms with Crippen molar-refractivity contribution in [1.29, 1.82) is 0 Å². The van der Waals surface area contributed by atoms with Crippen molar-refractivity contribution in [2.24, 2.45) is 5.41 Å². The minimum Gasteiger partial charge on any atom is -0.381 e. The molecule has 0 spiro atoms. The Balaban J connectivity index is 1.48. The molecule has 1 N–H and O–H groups in total. The first-order valence-corrected chi connectivity index (χ1v) is 11.2. The smallest absolute Gasteiger partial charge is 0.227 e. The number of pyridine rings is 1. The van der Waals surface area contributed by atoms with Crippen molar-refractivity contribution >= 4 is 5.91 Å². The van der Waals surface area contributed by atoms with Crippen LogP contribution in [0.4, 0.5) is 0 Å². The zero-order valence-corrected chi connectivity index (χ0v) is 18.0. The highest BCUT2D eigenvalue weighted by Gasteiger charge is 2.40. The Morgan fingerprint density at radius 3 is 2.87 bits per heavy atom. The summed E-state index contributed by atoms with van der Waals surface area (Å²) in [6, 6.07) is 14.7. The number of aromatic nitrogens is 1. The molecule has 5 heteroatoms. The molecule has 30 heavy (non-hydrogen) atoms. The lowest BCUT2D eigenvalue weighted by Crippen LogP contribution is -2.46. The number of amides is 1. The predicted molar refractivity (Wildman–Crippen MR) is 118 cm³/mol. The lowest BCUT2D eigenvalue weighted by atomic mass is 9.74. The van der Waals surface area contributed by atoms with Crippen molar-refractivity contribution in [3.8, 4) is 0 Å². The first-order chi connectivity index (χ1) is 14.6. The molecule has 0 bridgehead atoms. The highest BCUT2D eigenvalue weighted by Crippen LogP contribution is 2.36. The number of likely N-dealkylation sites (tertiary alicyclic amines) is 1. The van der Waals surface area contributed by atoms with Gasteiger partial charge in [0.15, 0.2) is 0 Å². The molecule has 0 aliphatic carbocycles. The van der Waals surface area contributed by atoms with Crippen molar-refractivity contribution < 1.29 is 9.53 Å². The van der Waals surface area contributed by atoms with Gasteiger partial charge in [0.25, 0.3) is 0 Å². The number of carbonyl (C=O) groups excluding carboxylic acids is 1. The average molecular weight is 408 g/mol. The van der Waals surface area contributed by atoms with Crippen LogP contribution in [0.3, 0.4) is 0 Å². The Kier molecular flexibility index (Phi) is 6.80. The number of nitrogens with zero attached hydrogens (tertiary/aromatic N) is 2. The Labute approximate surface area is 179 Å². The zero-order valence-electron chi connectivity index (χ0n) is 18.0. The molecule has 2 aliphatic heterocycles. The molecule has 2 aromatic rings. The Morgan fingerprint density at radius 1 is 1.23 bits per heavy atom. The van der Waals surface area contributed by atoms with E-state index >= 15 is 0 Å². The number of piperidine rings is 1. The van der Waals surface area contributed by atoms with Crippen molar-refractivity contribution in [3.63, 3.8) is 0 Å². The lowest BCUT2D eigenvalue weighted by Gasteiger charge is -2.36. The molecule has 3 heterocycles. The van der Waals surface area contributed by atoms with Gasteiger partial charge in [-0.1, -0.05) is 30.3 Å². The van der Waals surface area contributed by atoms with E-state index < -0.39 is 5.41 Å². The van der Waals surface area contributed by atoms with Crippen LogP contribution in [0.1, 0.15) is 48.4 Å². The van der Waals surface area contributed by atoms with E-state index in [0.717, 1.165) is 31.5 Å². The molecule has 2 fully saturated rings. The molecule has 4 rings (SSSR count). The van der Waals surface area contributed by atoms with Crippen LogP contribution in [0.5, 0.6) is 0 Å². The van der Waals surface area contributed by atoms with Crippen LogP contribution in [0.25, 0.3) is 0 Å². The molecular formula is C25H33N3O2. The van der Waals surface area contributed by atoms with Gasteiger partial charge in [-0.15, -0.1) is 0 Å². The Bertz CT molecular complexity index is 833. The molecule has 5 nitrogen and oxygen atoms in total.